The smallest absolute Gasteiger partial charge is 0.137 e. The highest BCUT2D eigenvalue weighted by molar-refractivity contribution is 9.10. The van der Waals surface area contributed by atoms with Gasteiger partial charge in [0.05, 0.1) is 0 Å². The summed E-state index contributed by atoms with van der Waals surface area (Å²) in [5, 5.41) is 0. The SMILES string of the molecule is COCC(C)CC(=O)Cc1ccc(Br)cc1. The Kier molecular flexibility index (Phi) is 5.71. The van der Waals surface area contributed by atoms with E-state index in [-0.39, 0.29) is 5.78 Å². The Balaban J connectivity index is 2.42. The van der Waals surface area contributed by atoms with Gasteiger partial charge in [0, 0.05) is 31.0 Å². The molecule has 0 N–H and O–H groups in total. The van der Waals surface area contributed by atoms with Gasteiger partial charge in [-0.15, -0.1) is 0 Å². The molecule has 16 heavy (non-hydrogen) atoms. The first-order valence-corrected chi connectivity index (χ1v) is 6.16. The van der Waals surface area contributed by atoms with E-state index in [2.05, 4.69) is 15.9 Å². The van der Waals surface area contributed by atoms with E-state index in [1.165, 1.54) is 0 Å². The number of Topliss-reactive ketones (excluding diaryl/α,β-unsaturated/α-hetero) is 1. The third-order valence-electron chi connectivity index (χ3n) is 2.34. The van der Waals surface area contributed by atoms with Crippen molar-refractivity contribution in [3.05, 3.63) is 34.3 Å². The summed E-state index contributed by atoms with van der Waals surface area (Å²) in [4.78, 5) is 11.7. The molecule has 0 saturated carbocycles. The number of hydrogen-bond acceptors (Lipinski definition) is 2. The minimum atomic E-state index is 0.270. The highest BCUT2D eigenvalue weighted by atomic mass is 79.9. The van der Waals surface area contributed by atoms with Crippen LogP contribution in [-0.2, 0) is 16.0 Å². The number of carbonyl (C=O) groups excluding carboxylic acids is 1. The second kappa shape index (κ2) is 6.81. The summed E-state index contributed by atoms with van der Waals surface area (Å²) in [7, 11) is 1.66. The molecule has 0 radical (unpaired) electrons. The van der Waals surface area contributed by atoms with E-state index in [1.807, 2.05) is 31.2 Å². The van der Waals surface area contributed by atoms with Crippen LogP contribution < -0.4 is 0 Å². The van der Waals surface area contributed by atoms with E-state index in [0.717, 1.165) is 10.0 Å². The lowest BCUT2D eigenvalue weighted by Crippen LogP contribution is -2.12. The summed E-state index contributed by atoms with van der Waals surface area (Å²) in [6.45, 7) is 2.68. The fourth-order valence-corrected chi connectivity index (χ4v) is 1.90. The zero-order valence-electron chi connectivity index (χ0n) is 9.70. The minimum Gasteiger partial charge on any atom is -0.384 e. The van der Waals surface area contributed by atoms with E-state index in [9.17, 15) is 4.79 Å². The van der Waals surface area contributed by atoms with Gasteiger partial charge in [-0.3, -0.25) is 4.79 Å². The lowest BCUT2D eigenvalue weighted by atomic mass is 10.0. The maximum absolute atomic E-state index is 11.7. The molecule has 3 heteroatoms. The molecule has 1 unspecified atom stereocenters. The molecule has 0 amide bonds. The average molecular weight is 285 g/mol. The van der Waals surface area contributed by atoms with Gasteiger partial charge in [-0.25, -0.2) is 0 Å². The Morgan fingerprint density at radius 1 is 1.38 bits per heavy atom. The second-order valence-corrected chi connectivity index (χ2v) is 5.02. The fourth-order valence-electron chi connectivity index (χ4n) is 1.63. The van der Waals surface area contributed by atoms with Gasteiger partial charge >= 0.3 is 0 Å². The summed E-state index contributed by atoms with van der Waals surface area (Å²) in [5.74, 6) is 0.569. The van der Waals surface area contributed by atoms with Gasteiger partial charge in [0.1, 0.15) is 5.78 Å². The molecular formula is C13H17BrO2. The molecule has 2 nitrogen and oxygen atoms in total. The van der Waals surface area contributed by atoms with Crippen molar-refractivity contribution in [3.8, 4) is 0 Å². The maximum Gasteiger partial charge on any atom is 0.137 e. The number of ketones is 1. The van der Waals surface area contributed by atoms with E-state index < -0.39 is 0 Å². The Labute approximate surface area is 105 Å². The van der Waals surface area contributed by atoms with Crippen LogP contribution in [0.15, 0.2) is 28.7 Å². The third kappa shape index (κ3) is 4.90. The van der Waals surface area contributed by atoms with Crippen molar-refractivity contribution < 1.29 is 9.53 Å². The first kappa shape index (κ1) is 13.4. The molecule has 0 heterocycles. The molecule has 0 aliphatic carbocycles. The summed E-state index contributed by atoms with van der Waals surface area (Å²) >= 11 is 3.37. The van der Waals surface area contributed by atoms with E-state index in [1.54, 1.807) is 7.11 Å². The molecule has 88 valence electrons. The number of ether oxygens (including phenoxy) is 1. The molecule has 0 bridgehead atoms. The van der Waals surface area contributed by atoms with Crippen LogP contribution in [0.25, 0.3) is 0 Å². The fraction of sp³-hybridized carbons (Fsp3) is 0.462. The molecule has 1 aromatic rings. The minimum absolute atomic E-state index is 0.270. The first-order valence-electron chi connectivity index (χ1n) is 5.37. The molecule has 1 aromatic carbocycles. The van der Waals surface area contributed by atoms with Crippen molar-refractivity contribution in [1.82, 2.24) is 0 Å². The van der Waals surface area contributed by atoms with Crippen molar-refractivity contribution in [1.29, 1.82) is 0 Å². The van der Waals surface area contributed by atoms with Crippen molar-refractivity contribution >= 4 is 21.7 Å². The number of methoxy groups -OCH3 is 1. The normalized spacial score (nSPS) is 12.4. The van der Waals surface area contributed by atoms with Gasteiger partial charge < -0.3 is 4.74 Å². The third-order valence-corrected chi connectivity index (χ3v) is 2.87. The van der Waals surface area contributed by atoms with Crippen molar-refractivity contribution in [2.45, 2.75) is 19.8 Å². The molecule has 0 aliphatic rings. The number of carbonyl (C=O) groups is 1. The summed E-state index contributed by atoms with van der Waals surface area (Å²) < 4.78 is 6.05. The number of halogens is 1. The lowest BCUT2D eigenvalue weighted by molar-refractivity contribution is -0.119. The first-order chi connectivity index (χ1) is 7.61. The number of benzene rings is 1. The zero-order valence-corrected chi connectivity index (χ0v) is 11.3. The van der Waals surface area contributed by atoms with Crippen LogP contribution in [-0.4, -0.2) is 19.5 Å². The van der Waals surface area contributed by atoms with E-state index in [4.69, 9.17) is 4.74 Å². The van der Waals surface area contributed by atoms with E-state index in [0.29, 0.717) is 25.4 Å². The monoisotopic (exact) mass is 284 g/mol. The van der Waals surface area contributed by atoms with Crippen LogP contribution >= 0.6 is 15.9 Å². The highest BCUT2D eigenvalue weighted by Gasteiger charge is 2.09. The lowest BCUT2D eigenvalue weighted by Gasteiger charge is -2.08. The van der Waals surface area contributed by atoms with E-state index >= 15 is 0 Å². The quantitative estimate of drug-likeness (QED) is 0.802. The van der Waals surface area contributed by atoms with Crippen molar-refractivity contribution in [3.63, 3.8) is 0 Å². The molecular weight excluding hydrogens is 268 g/mol. The Bertz CT molecular complexity index is 332. The Morgan fingerprint density at radius 3 is 2.56 bits per heavy atom. The van der Waals surface area contributed by atoms with Crippen LogP contribution in [0.1, 0.15) is 18.9 Å². The summed E-state index contributed by atoms with van der Waals surface area (Å²) in [6, 6.07) is 7.87. The molecule has 0 aliphatic heterocycles. The standard InChI is InChI=1S/C13H17BrO2/c1-10(9-16-2)7-13(15)8-11-3-5-12(14)6-4-11/h3-6,10H,7-9H2,1-2H3. The highest BCUT2D eigenvalue weighted by Crippen LogP contribution is 2.12. The molecule has 1 rings (SSSR count). The van der Waals surface area contributed by atoms with Crippen LogP contribution in [0.4, 0.5) is 0 Å². The van der Waals surface area contributed by atoms with Crippen LogP contribution in [0.3, 0.4) is 0 Å². The van der Waals surface area contributed by atoms with Crippen LogP contribution in [0, 0.1) is 5.92 Å². The number of hydrogen-bond donors (Lipinski definition) is 0. The Hall–Kier alpha value is -0.670. The second-order valence-electron chi connectivity index (χ2n) is 4.11. The van der Waals surface area contributed by atoms with Gasteiger partial charge in [-0.1, -0.05) is 35.0 Å². The van der Waals surface area contributed by atoms with Gasteiger partial charge in [0.25, 0.3) is 0 Å². The molecule has 0 saturated heterocycles. The summed E-state index contributed by atoms with van der Waals surface area (Å²) in [6.07, 6.45) is 1.10. The van der Waals surface area contributed by atoms with Crippen molar-refractivity contribution in [2.75, 3.05) is 13.7 Å². The van der Waals surface area contributed by atoms with Crippen LogP contribution in [0.5, 0.6) is 0 Å². The molecule has 1 atom stereocenters. The average Bonchev–Trinajstić information content (AvgIpc) is 2.21. The largest absolute Gasteiger partial charge is 0.384 e. The molecule has 0 aromatic heterocycles. The Morgan fingerprint density at radius 2 is 2.00 bits per heavy atom. The molecule has 0 fully saturated rings. The number of rotatable bonds is 6. The maximum atomic E-state index is 11.7. The van der Waals surface area contributed by atoms with Gasteiger partial charge in [0.2, 0.25) is 0 Å². The van der Waals surface area contributed by atoms with Crippen LogP contribution in [0.2, 0.25) is 0 Å². The van der Waals surface area contributed by atoms with Gasteiger partial charge in [0.15, 0.2) is 0 Å². The van der Waals surface area contributed by atoms with Gasteiger partial charge in [-0.05, 0) is 23.6 Å². The van der Waals surface area contributed by atoms with Gasteiger partial charge in [-0.2, -0.15) is 0 Å². The topological polar surface area (TPSA) is 26.3 Å². The predicted octanol–water partition coefficient (Wildman–Crippen LogP) is 3.23. The van der Waals surface area contributed by atoms with Crippen molar-refractivity contribution in [2.24, 2.45) is 5.92 Å². The zero-order chi connectivity index (χ0) is 12.0. The molecule has 0 spiro atoms. The summed E-state index contributed by atoms with van der Waals surface area (Å²) in [5.41, 5.74) is 1.07. The predicted molar refractivity (Wildman–Crippen MR) is 68.5 cm³/mol.